The molecule has 0 saturated heterocycles. The molecule has 0 aromatic heterocycles. The molecule has 0 fully saturated rings. The zero-order valence-electron chi connectivity index (χ0n) is 6.59. The summed E-state index contributed by atoms with van der Waals surface area (Å²) < 4.78 is 11.5. The third-order valence-electron chi connectivity index (χ3n) is 1.59. The van der Waals surface area contributed by atoms with Crippen LogP contribution in [0.5, 0.6) is 0 Å². The topological polar surface area (TPSA) is 12.5 Å². The molecule has 0 saturated carbocycles. The molecule has 0 radical (unpaired) electrons. The van der Waals surface area contributed by atoms with Crippen LogP contribution in [0.3, 0.4) is 0 Å². The van der Waals surface area contributed by atoms with Crippen molar-refractivity contribution >= 4 is 0 Å². The highest BCUT2D eigenvalue weighted by atomic mass is 19.3. The number of hydroxylamine groups is 2. The van der Waals surface area contributed by atoms with Crippen LogP contribution in [0.4, 0.5) is 4.53 Å². The van der Waals surface area contributed by atoms with Crippen LogP contribution in [0, 0.1) is 0 Å². The smallest absolute Gasteiger partial charge is 0.0517 e. The van der Waals surface area contributed by atoms with Crippen molar-refractivity contribution in [1.29, 1.82) is 0 Å². The van der Waals surface area contributed by atoms with E-state index in [1.165, 1.54) is 0 Å². The second kappa shape index (κ2) is 4.26. The van der Waals surface area contributed by atoms with Gasteiger partial charge in [-0.3, -0.25) is 0 Å². The Labute approximate surface area is 65.8 Å². The lowest BCUT2D eigenvalue weighted by molar-refractivity contribution is -0.307. The Kier molecular flexibility index (Phi) is 3.26. The predicted octanol–water partition coefficient (Wildman–Crippen LogP) is 2.01. The summed E-state index contributed by atoms with van der Waals surface area (Å²) in [6.07, 6.45) is 8.31. The van der Waals surface area contributed by atoms with Crippen LogP contribution < -0.4 is 0 Å². The highest BCUT2D eigenvalue weighted by Gasteiger charge is 2.02. The first kappa shape index (κ1) is 8.43. The van der Waals surface area contributed by atoms with Crippen LogP contribution in [0.2, 0.25) is 0 Å². The van der Waals surface area contributed by atoms with Crippen LogP contribution in [0.1, 0.15) is 12.8 Å². The Balaban J connectivity index is 2.36. The number of allylic oxidation sites excluding steroid dienone is 2. The molecular formula is C8H12FNO. The highest BCUT2D eigenvalue weighted by molar-refractivity contribution is 5.23. The first-order valence-corrected chi connectivity index (χ1v) is 3.68. The third-order valence-corrected chi connectivity index (χ3v) is 1.59. The number of hydrogen-bond donors (Lipinski definition) is 0. The van der Waals surface area contributed by atoms with Crippen LogP contribution in [0.25, 0.3) is 0 Å². The average Bonchev–Trinajstić information content (AvgIpc) is 2.06. The molecule has 1 aliphatic rings. The molecule has 0 bridgehead atoms. The first-order valence-electron chi connectivity index (χ1n) is 3.68. The summed E-state index contributed by atoms with van der Waals surface area (Å²) in [6.45, 7) is 0.507. The van der Waals surface area contributed by atoms with Gasteiger partial charge in [0.25, 0.3) is 0 Å². The van der Waals surface area contributed by atoms with Crippen molar-refractivity contribution < 1.29 is 9.57 Å². The van der Waals surface area contributed by atoms with Crippen LogP contribution in [-0.2, 0) is 5.04 Å². The lowest BCUT2D eigenvalue weighted by Gasteiger charge is -2.11. The second-order valence-electron chi connectivity index (χ2n) is 2.61. The van der Waals surface area contributed by atoms with E-state index < -0.39 is 0 Å². The number of likely N-dealkylation sites (N-methyl/N-ethyl adjacent to an activating group) is 1. The van der Waals surface area contributed by atoms with E-state index in [9.17, 15) is 4.53 Å². The Hall–Kier alpha value is -0.670. The molecule has 0 aliphatic heterocycles. The molecule has 11 heavy (non-hydrogen) atoms. The van der Waals surface area contributed by atoms with E-state index in [0.29, 0.717) is 6.54 Å². The molecule has 0 aromatic rings. The summed E-state index contributed by atoms with van der Waals surface area (Å²) in [5.74, 6) is 0. The molecule has 0 N–H and O–H groups in total. The van der Waals surface area contributed by atoms with Crippen LogP contribution in [0.15, 0.2) is 23.8 Å². The molecule has 0 heterocycles. The maximum absolute atomic E-state index is 11.5. The molecule has 2 nitrogen and oxygen atoms in total. The molecular weight excluding hydrogens is 145 g/mol. The van der Waals surface area contributed by atoms with Gasteiger partial charge < -0.3 is 0 Å². The second-order valence-corrected chi connectivity index (χ2v) is 2.61. The summed E-state index contributed by atoms with van der Waals surface area (Å²) in [6, 6.07) is 0. The monoisotopic (exact) mass is 157 g/mol. The Morgan fingerprint density at radius 2 is 2.45 bits per heavy atom. The summed E-state index contributed by atoms with van der Waals surface area (Å²) in [5.41, 5.74) is 1.11. The van der Waals surface area contributed by atoms with E-state index in [-0.39, 0.29) is 0 Å². The third kappa shape index (κ3) is 2.82. The van der Waals surface area contributed by atoms with E-state index >= 15 is 0 Å². The lowest BCUT2D eigenvalue weighted by atomic mass is 10.1. The highest BCUT2D eigenvalue weighted by Crippen LogP contribution is 2.10. The molecule has 0 aromatic carbocycles. The number of nitrogens with zero attached hydrogens (tertiary/aromatic N) is 1. The lowest BCUT2D eigenvalue weighted by Crippen LogP contribution is -2.17. The van der Waals surface area contributed by atoms with E-state index in [1.807, 2.05) is 6.08 Å². The van der Waals surface area contributed by atoms with Gasteiger partial charge in [0, 0.05) is 7.05 Å². The van der Waals surface area contributed by atoms with E-state index in [0.717, 1.165) is 23.5 Å². The minimum atomic E-state index is 0.507. The summed E-state index contributed by atoms with van der Waals surface area (Å²) in [4.78, 5) is 0. The zero-order chi connectivity index (χ0) is 8.10. The molecule has 0 amide bonds. The Morgan fingerprint density at radius 3 is 3.00 bits per heavy atom. The first-order chi connectivity index (χ1) is 5.33. The summed E-state index contributed by atoms with van der Waals surface area (Å²) >= 11 is 0. The van der Waals surface area contributed by atoms with Crippen molar-refractivity contribution in [2.75, 3.05) is 13.6 Å². The molecule has 0 unspecified atom stereocenters. The van der Waals surface area contributed by atoms with Gasteiger partial charge >= 0.3 is 0 Å². The zero-order valence-corrected chi connectivity index (χ0v) is 6.59. The molecule has 1 rings (SSSR count). The summed E-state index contributed by atoms with van der Waals surface area (Å²) in [7, 11) is 1.56. The van der Waals surface area contributed by atoms with Crippen molar-refractivity contribution in [3.8, 4) is 0 Å². The Morgan fingerprint density at radius 1 is 1.64 bits per heavy atom. The molecule has 0 atom stereocenters. The van der Waals surface area contributed by atoms with Crippen molar-refractivity contribution in [2.24, 2.45) is 0 Å². The van der Waals surface area contributed by atoms with Crippen LogP contribution >= 0.6 is 0 Å². The number of rotatable bonds is 3. The normalized spacial score (nSPS) is 17.2. The van der Waals surface area contributed by atoms with Gasteiger partial charge in [0.2, 0.25) is 0 Å². The fraction of sp³-hybridized carbons (Fsp3) is 0.500. The van der Waals surface area contributed by atoms with Crippen molar-refractivity contribution in [3.05, 3.63) is 23.8 Å². The molecule has 3 heteroatoms. The van der Waals surface area contributed by atoms with Crippen molar-refractivity contribution in [1.82, 2.24) is 5.06 Å². The van der Waals surface area contributed by atoms with Gasteiger partial charge in [-0.2, -0.15) is 5.06 Å². The quantitative estimate of drug-likeness (QED) is 0.581. The van der Waals surface area contributed by atoms with E-state index in [2.05, 4.69) is 17.2 Å². The maximum atomic E-state index is 11.5. The molecule has 62 valence electrons. The van der Waals surface area contributed by atoms with Gasteiger partial charge in [0.05, 0.1) is 6.54 Å². The van der Waals surface area contributed by atoms with Gasteiger partial charge in [0.15, 0.2) is 0 Å². The summed E-state index contributed by atoms with van der Waals surface area (Å²) in [5, 5.41) is 4.67. The minimum absolute atomic E-state index is 0.507. The fourth-order valence-electron chi connectivity index (χ4n) is 1.07. The van der Waals surface area contributed by atoms with Gasteiger partial charge in [-0.05, 0) is 22.9 Å². The van der Waals surface area contributed by atoms with Gasteiger partial charge in [-0.1, -0.05) is 23.3 Å². The average molecular weight is 157 g/mol. The number of halogens is 1. The SMILES string of the molecule is CN(CC1=CCCC=C1)OF. The van der Waals surface area contributed by atoms with Crippen LogP contribution in [-0.4, -0.2) is 18.7 Å². The van der Waals surface area contributed by atoms with E-state index in [4.69, 9.17) is 0 Å². The van der Waals surface area contributed by atoms with Gasteiger partial charge in [-0.15, -0.1) is 0 Å². The predicted molar refractivity (Wildman–Crippen MR) is 41.3 cm³/mol. The van der Waals surface area contributed by atoms with E-state index in [1.54, 1.807) is 7.05 Å². The standard InChI is InChI=1S/C8H12FNO/c1-10(11-9)7-8-5-3-2-4-6-8/h3,5-6H,2,4,7H2,1H3. The van der Waals surface area contributed by atoms with Crippen molar-refractivity contribution in [3.63, 3.8) is 0 Å². The van der Waals surface area contributed by atoms with Gasteiger partial charge in [0.1, 0.15) is 0 Å². The van der Waals surface area contributed by atoms with Gasteiger partial charge in [-0.25, -0.2) is 0 Å². The minimum Gasteiger partial charge on any atom is -0.151 e. The van der Waals surface area contributed by atoms with Crippen molar-refractivity contribution in [2.45, 2.75) is 12.8 Å². The number of hydrogen-bond acceptors (Lipinski definition) is 2. The maximum Gasteiger partial charge on any atom is 0.0517 e. The Bertz CT molecular complexity index is 177. The largest absolute Gasteiger partial charge is 0.151 e. The fourth-order valence-corrected chi connectivity index (χ4v) is 1.07. The molecule has 0 spiro atoms. The molecule has 1 aliphatic carbocycles.